The van der Waals surface area contributed by atoms with Gasteiger partial charge in [0.15, 0.2) is 0 Å². The Bertz CT molecular complexity index is 559. The largest absolute Gasteiger partial charge is 0.478 e. The highest BCUT2D eigenvalue weighted by Crippen LogP contribution is 2.27. The fourth-order valence-corrected chi connectivity index (χ4v) is 2.17. The second-order valence-corrected chi connectivity index (χ2v) is 4.26. The highest BCUT2D eigenvalue weighted by Gasteiger charge is 2.12. The van der Waals surface area contributed by atoms with E-state index in [0.29, 0.717) is 5.56 Å². The smallest absolute Gasteiger partial charge is 0.336 e. The zero-order valence-electron chi connectivity index (χ0n) is 10.4. The highest BCUT2D eigenvalue weighted by atomic mass is 16.4. The van der Waals surface area contributed by atoms with Crippen molar-refractivity contribution in [2.45, 2.75) is 19.8 Å². The molecule has 18 heavy (non-hydrogen) atoms. The first-order valence-corrected chi connectivity index (χ1v) is 6.14. The van der Waals surface area contributed by atoms with E-state index in [4.69, 9.17) is 0 Å². The lowest BCUT2D eigenvalue weighted by Gasteiger charge is -2.11. The second-order valence-electron chi connectivity index (χ2n) is 4.26. The van der Waals surface area contributed by atoms with Crippen LogP contribution in [0, 0.1) is 0 Å². The fourth-order valence-electron chi connectivity index (χ4n) is 2.17. The molecule has 2 aromatic rings. The highest BCUT2D eigenvalue weighted by molar-refractivity contribution is 5.96. The summed E-state index contributed by atoms with van der Waals surface area (Å²) in [4.78, 5) is 11.3. The van der Waals surface area contributed by atoms with Crippen LogP contribution in [0.3, 0.4) is 0 Å². The maximum Gasteiger partial charge on any atom is 0.336 e. The number of hydrogen-bond acceptors (Lipinski definition) is 1. The summed E-state index contributed by atoms with van der Waals surface area (Å²) in [6.45, 7) is 2.12. The van der Waals surface area contributed by atoms with Crippen LogP contribution in [-0.4, -0.2) is 11.1 Å². The van der Waals surface area contributed by atoms with Gasteiger partial charge in [-0.3, -0.25) is 0 Å². The second kappa shape index (κ2) is 5.50. The Balaban J connectivity index is 2.58. The van der Waals surface area contributed by atoms with Gasteiger partial charge >= 0.3 is 5.97 Å². The molecule has 2 rings (SSSR count). The van der Waals surface area contributed by atoms with E-state index in [0.717, 1.165) is 24.0 Å². The SMILES string of the molecule is CCCc1ccccc1-c1ccccc1C(=O)O. The van der Waals surface area contributed by atoms with E-state index in [1.54, 1.807) is 12.1 Å². The molecule has 0 radical (unpaired) electrons. The molecule has 92 valence electrons. The summed E-state index contributed by atoms with van der Waals surface area (Å²) in [5.41, 5.74) is 3.39. The molecule has 1 N–H and O–H groups in total. The predicted octanol–water partition coefficient (Wildman–Crippen LogP) is 4.00. The third-order valence-corrected chi connectivity index (χ3v) is 2.98. The molecular formula is C16H16O2. The Morgan fingerprint density at radius 3 is 2.28 bits per heavy atom. The molecule has 0 saturated heterocycles. The first kappa shape index (κ1) is 12.4. The van der Waals surface area contributed by atoms with Crippen molar-refractivity contribution in [1.29, 1.82) is 0 Å². The summed E-state index contributed by atoms with van der Waals surface area (Å²) >= 11 is 0. The Morgan fingerprint density at radius 2 is 1.61 bits per heavy atom. The minimum absolute atomic E-state index is 0.362. The molecule has 0 aromatic heterocycles. The Morgan fingerprint density at radius 1 is 1.00 bits per heavy atom. The average molecular weight is 240 g/mol. The molecule has 2 aromatic carbocycles. The van der Waals surface area contributed by atoms with Gasteiger partial charge in [-0.15, -0.1) is 0 Å². The van der Waals surface area contributed by atoms with E-state index < -0.39 is 5.97 Å². The number of carboxylic acid groups (broad SMARTS) is 1. The maximum atomic E-state index is 11.3. The summed E-state index contributed by atoms with van der Waals surface area (Å²) in [6, 6.07) is 15.2. The van der Waals surface area contributed by atoms with Crippen LogP contribution in [-0.2, 0) is 6.42 Å². The maximum absolute atomic E-state index is 11.3. The van der Waals surface area contributed by atoms with Crippen molar-refractivity contribution in [2.75, 3.05) is 0 Å². The van der Waals surface area contributed by atoms with Crippen molar-refractivity contribution in [3.8, 4) is 11.1 Å². The summed E-state index contributed by atoms with van der Waals surface area (Å²) in [5.74, 6) is -0.878. The summed E-state index contributed by atoms with van der Waals surface area (Å²) in [6.07, 6.45) is 2.01. The number of rotatable bonds is 4. The Hall–Kier alpha value is -2.09. The van der Waals surface area contributed by atoms with Crippen LogP contribution in [0.4, 0.5) is 0 Å². The third kappa shape index (κ3) is 2.43. The predicted molar refractivity (Wildman–Crippen MR) is 72.8 cm³/mol. The van der Waals surface area contributed by atoms with Crippen molar-refractivity contribution in [3.05, 3.63) is 59.7 Å². The average Bonchev–Trinajstić information content (AvgIpc) is 2.40. The molecular weight excluding hydrogens is 224 g/mol. The number of carboxylic acids is 1. The van der Waals surface area contributed by atoms with E-state index in [1.807, 2.05) is 30.3 Å². The van der Waals surface area contributed by atoms with Crippen molar-refractivity contribution >= 4 is 5.97 Å². The molecule has 0 unspecified atom stereocenters. The van der Waals surface area contributed by atoms with Crippen molar-refractivity contribution in [1.82, 2.24) is 0 Å². The molecule has 0 spiro atoms. The first-order valence-electron chi connectivity index (χ1n) is 6.14. The van der Waals surface area contributed by atoms with Gasteiger partial charge in [0.25, 0.3) is 0 Å². The van der Waals surface area contributed by atoms with E-state index in [2.05, 4.69) is 13.0 Å². The summed E-state index contributed by atoms with van der Waals surface area (Å²) in [5, 5.41) is 9.25. The molecule has 0 saturated carbocycles. The van der Waals surface area contributed by atoms with Gasteiger partial charge in [0.05, 0.1) is 5.56 Å². The third-order valence-electron chi connectivity index (χ3n) is 2.98. The van der Waals surface area contributed by atoms with E-state index >= 15 is 0 Å². The van der Waals surface area contributed by atoms with Crippen LogP contribution in [0.5, 0.6) is 0 Å². The molecule has 2 nitrogen and oxygen atoms in total. The zero-order valence-corrected chi connectivity index (χ0v) is 10.4. The normalized spacial score (nSPS) is 10.3. The van der Waals surface area contributed by atoms with Crippen LogP contribution < -0.4 is 0 Å². The Kier molecular flexibility index (Phi) is 3.78. The summed E-state index contributed by atoms with van der Waals surface area (Å²) in [7, 11) is 0. The molecule has 0 atom stereocenters. The minimum atomic E-state index is -0.878. The van der Waals surface area contributed by atoms with Gasteiger partial charge in [0.2, 0.25) is 0 Å². The van der Waals surface area contributed by atoms with Gasteiger partial charge < -0.3 is 5.11 Å². The topological polar surface area (TPSA) is 37.3 Å². The van der Waals surface area contributed by atoms with Gasteiger partial charge in [-0.1, -0.05) is 55.8 Å². The lowest BCUT2D eigenvalue weighted by Crippen LogP contribution is -2.00. The summed E-state index contributed by atoms with van der Waals surface area (Å²) < 4.78 is 0. The number of carbonyl (C=O) groups is 1. The van der Waals surface area contributed by atoms with Crippen molar-refractivity contribution < 1.29 is 9.90 Å². The van der Waals surface area contributed by atoms with E-state index in [9.17, 15) is 9.90 Å². The van der Waals surface area contributed by atoms with Gasteiger partial charge in [0, 0.05) is 0 Å². The number of aromatic carboxylic acids is 1. The van der Waals surface area contributed by atoms with Crippen LogP contribution in [0.2, 0.25) is 0 Å². The quantitative estimate of drug-likeness (QED) is 0.876. The molecule has 0 aliphatic carbocycles. The number of aryl methyl sites for hydroxylation is 1. The molecule has 0 heterocycles. The standard InChI is InChI=1S/C16H16O2/c1-2-7-12-8-3-4-9-13(12)14-10-5-6-11-15(14)16(17)18/h3-6,8-11H,2,7H2,1H3,(H,17,18). The number of benzene rings is 2. The zero-order chi connectivity index (χ0) is 13.0. The van der Waals surface area contributed by atoms with Crippen LogP contribution in [0.1, 0.15) is 29.3 Å². The molecule has 0 bridgehead atoms. The molecule has 0 aliphatic rings. The van der Waals surface area contributed by atoms with Gasteiger partial charge in [-0.2, -0.15) is 0 Å². The van der Waals surface area contributed by atoms with Crippen molar-refractivity contribution in [3.63, 3.8) is 0 Å². The van der Waals surface area contributed by atoms with Crippen LogP contribution in [0.25, 0.3) is 11.1 Å². The lowest BCUT2D eigenvalue weighted by atomic mass is 9.93. The van der Waals surface area contributed by atoms with E-state index in [1.165, 1.54) is 5.56 Å². The van der Waals surface area contributed by atoms with Crippen LogP contribution in [0.15, 0.2) is 48.5 Å². The van der Waals surface area contributed by atoms with Gasteiger partial charge in [0.1, 0.15) is 0 Å². The first-order chi connectivity index (χ1) is 8.74. The Labute approximate surface area is 107 Å². The molecule has 0 aliphatic heterocycles. The van der Waals surface area contributed by atoms with Gasteiger partial charge in [-0.05, 0) is 29.2 Å². The molecule has 0 fully saturated rings. The monoisotopic (exact) mass is 240 g/mol. The van der Waals surface area contributed by atoms with Gasteiger partial charge in [-0.25, -0.2) is 4.79 Å². The minimum Gasteiger partial charge on any atom is -0.478 e. The van der Waals surface area contributed by atoms with Crippen LogP contribution >= 0.6 is 0 Å². The van der Waals surface area contributed by atoms with Crippen molar-refractivity contribution in [2.24, 2.45) is 0 Å². The number of hydrogen-bond donors (Lipinski definition) is 1. The molecule has 2 heteroatoms. The molecule has 0 amide bonds. The fraction of sp³-hybridized carbons (Fsp3) is 0.188. The van der Waals surface area contributed by atoms with E-state index in [-0.39, 0.29) is 0 Å². The lowest BCUT2D eigenvalue weighted by molar-refractivity contribution is 0.0697.